The highest BCUT2D eigenvalue weighted by atomic mass is 35.5. The molecule has 1 atom stereocenters. The molecular weight excluding hydrogens is 244 g/mol. The van der Waals surface area contributed by atoms with Crippen molar-refractivity contribution in [3.8, 4) is 0 Å². The smallest absolute Gasteiger partial charge is 0.261 e. The minimum absolute atomic E-state index is 0. The number of nitrogens with one attached hydrogen (secondary N) is 1. The van der Waals surface area contributed by atoms with E-state index in [9.17, 15) is 4.79 Å². The first-order valence-electron chi connectivity index (χ1n) is 5.26. The first-order chi connectivity index (χ1) is 7.18. The summed E-state index contributed by atoms with van der Waals surface area (Å²) in [7, 11) is 0. The summed E-state index contributed by atoms with van der Waals surface area (Å²) in [5.41, 5.74) is 6.95. The zero-order chi connectivity index (χ0) is 10.8. The van der Waals surface area contributed by atoms with Crippen LogP contribution >= 0.6 is 23.7 Å². The molecule has 1 heterocycles. The monoisotopic (exact) mass is 260 g/mol. The van der Waals surface area contributed by atoms with E-state index < -0.39 is 0 Å². The first-order valence-corrected chi connectivity index (χ1v) is 6.14. The summed E-state index contributed by atoms with van der Waals surface area (Å²) in [6.07, 6.45) is 2.43. The standard InChI is InChI=1S/C11H16N2OS.ClH/c1-7-4-5-15-10(7)11(14)13-6-9(12)8-2-3-8;/h4-5,8-9H,2-3,6,12H2,1H3,(H,13,14);1H. The van der Waals surface area contributed by atoms with E-state index in [-0.39, 0.29) is 24.4 Å². The Kier molecular flexibility index (Phi) is 4.77. The lowest BCUT2D eigenvalue weighted by molar-refractivity contribution is 0.0954. The molecule has 0 saturated heterocycles. The molecule has 3 nitrogen and oxygen atoms in total. The van der Waals surface area contributed by atoms with Gasteiger partial charge in [0.15, 0.2) is 0 Å². The molecule has 1 aliphatic rings. The molecule has 1 aliphatic carbocycles. The van der Waals surface area contributed by atoms with E-state index in [1.54, 1.807) is 0 Å². The predicted molar refractivity (Wildman–Crippen MR) is 69.3 cm³/mol. The van der Waals surface area contributed by atoms with Crippen LogP contribution in [0.15, 0.2) is 11.4 Å². The molecule has 1 saturated carbocycles. The van der Waals surface area contributed by atoms with Gasteiger partial charge in [0.2, 0.25) is 0 Å². The molecule has 90 valence electrons. The number of carbonyl (C=O) groups is 1. The van der Waals surface area contributed by atoms with Crippen LogP contribution in [-0.4, -0.2) is 18.5 Å². The summed E-state index contributed by atoms with van der Waals surface area (Å²) in [4.78, 5) is 12.5. The predicted octanol–water partition coefficient (Wildman–Crippen LogP) is 1.95. The number of aryl methyl sites for hydroxylation is 1. The van der Waals surface area contributed by atoms with Crippen LogP contribution in [0.1, 0.15) is 28.1 Å². The van der Waals surface area contributed by atoms with Crippen LogP contribution < -0.4 is 11.1 Å². The SMILES string of the molecule is Cc1ccsc1C(=O)NCC(N)C1CC1.Cl. The van der Waals surface area contributed by atoms with Gasteiger partial charge in [0, 0.05) is 12.6 Å². The summed E-state index contributed by atoms with van der Waals surface area (Å²) in [5, 5.41) is 4.83. The van der Waals surface area contributed by atoms with E-state index in [1.807, 2.05) is 18.4 Å². The Morgan fingerprint density at radius 1 is 1.69 bits per heavy atom. The maximum absolute atomic E-state index is 11.7. The fraction of sp³-hybridized carbons (Fsp3) is 0.545. The Morgan fingerprint density at radius 2 is 2.38 bits per heavy atom. The minimum atomic E-state index is 0. The Morgan fingerprint density at radius 3 is 2.88 bits per heavy atom. The summed E-state index contributed by atoms with van der Waals surface area (Å²) in [5.74, 6) is 0.647. The van der Waals surface area contributed by atoms with Crippen molar-refractivity contribution < 1.29 is 4.79 Å². The normalized spacial score (nSPS) is 16.4. The Labute approximate surface area is 106 Å². The molecular formula is C11H17ClN2OS. The lowest BCUT2D eigenvalue weighted by atomic mass is 10.2. The zero-order valence-electron chi connectivity index (χ0n) is 9.23. The second-order valence-electron chi connectivity index (χ2n) is 4.14. The van der Waals surface area contributed by atoms with Gasteiger partial charge in [-0.1, -0.05) is 0 Å². The largest absolute Gasteiger partial charge is 0.350 e. The van der Waals surface area contributed by atoms with E-state index in [4.69, 9.17) is 5.73 Å². The number of thiophene rings is 1. The summed E-state index contributed by atoms with van der Waals surface area (Å²) >= 11 is 1.48. The Bertz CT molecular complexity index is 363. The lowest BCUT2D eigenvalue weighted by Crippen LogP contribution is -2.38. The molecule has 2 rings (SSSR count). The van der Waals surface area contributed by atoms with Gasteiger partial charge in [-0.3, -0.25) is 4.79 Å². The quantitative estimate of drug-likeness (QED) is 0.869. The molecule has 5 heteroatoms. The van der Waals surface area contributed by atoms with Crippen molar-refractivity contribution in [2.75, 3.05) is 6.54 Å². The third-order valence-electron chi connectivity index (χ3n) is 2.79. The molecule has 1 fully saturated rings. The van der Waals surface area contributed by atoms with Gasteiger partial charge < -0.3 is 11.1 Å². The molecule has 0 aliphatic heterocycles. The van der Waals surface area contributed by atoms with Crippen molar-refractivity contribution >= 4 is 29.7 Å². The van der Waals surface area contributed by atoms with Crippen LogP contribution in [0, 0.1) is 12.8 Å². The molecule has 0 spiro atoms. The van der Waals surface area contributed by atoms with Gasteiger partial charge in [-0.2, -0.15) is 0 Å². The topological polar surface area (TPSA) is 55.1 Å². The zero-order valence-corrected chi connectivity index (χ0v) is 10.9. The molecule has 3 N–H and O–H groups in total. The summed E-state index contributed by atoms with van der Waals surface area (Å²) in [6.45, 7) is 2.55. The summed E-state index contributed by atoms with van der Waals surface area (Å²) < 4.78 is 0. The number of rotatable bonds is 4. The number of halogens is 1. The molecule has 16 heavy (non-hydrogen) atoms. The van der Waals surface area contributed by atoms with E-state index in [1.165, 1.54) is 24.2 Å². The second kappa shape index (κ2) is 5.66. The lowest BCUT2D eigenvalue weighted by Gasteiger charge is -2.11. The van der Waals surface area contributed by atoms with Gasteiger partial charge in [-0.25, -0.2) is 0 Å². The maximum Gasteiger partial charge on any atom is 0.261 e. The van der Waals surface area contributed by atoms with Crippen LogP contribution in [0.5, 0.6) is 0 Å². The highest BCUT2D eigenvalue weighted by Crippen LogP contribution is 2.31. The molecule has 1 aromatic heterocycles. The Balaban J connectivity index is 0.00000128. The molecule has 0 radical (unpaired) electrons. The van der Waals surface area contributed by atoms with Crippen LogP contribution in [0.25, 0.3) is 0 Å². The maximum atomic E-state index is 11.7. The van der Waals surface area contributed by atoms with E-state index in [2.05, 4.69) is 5.32 Å². The number of amides is 1. The van der Waals surface area contributed by atoms with Gasteiger partial charge in [-0.05, 0) is 42.7 Å². The van der Waals surface area contributed by atoms with Crippen molar-refractivity contribution in [2.24, 2.45) is 11.7 Å². The highest BCUT2D eigenvalue weighted by molar-refractivity contribution is 7.12. The molecule has 1 aromatic rings. The number of nitrogens with two attached hydrogens (primary N) is 1. The third kappa shape index (κ3) is 3.20. The number of carbonyl (C=O) groups excluding carboxylic acids is 1. The first kappa shape index (κ1) is 13.5. The van der Waals surface area contributed by atoms with Crippen molar-refractivity contribution in [3.05, 3.63) is 21.9 Å². The number of hydrogen-bond acceptors (Lipinski definition) is 3. The fourth-order valence-corrected chi connectivity index (χ4v) is 2.43. The van der Waals surface area contributed by atoms with Crippen molar-refractivity contribution in [3.63, 3.8) is 0 Å². The van der Waals surface area contributed by atoms with Crippen molar-refractivity contribution in [1.82, 2.24) is 5.32 Å². The molecule has 0 bridgehead atoms. The van der Waals surface area contributed by atoms with E-state index in [0.717, 1.165) is 10.4 Å². The summed E-state index contributed by atoms with van der Waals surface area (Å²) in [6, 6.07) is 2.09. The van der Waals surface area contributed by atoms with E-state index >= 15 is 0 Å². The van der Waals surface area contributed by atoms with Gasteiger partial charge in [0.25, 0.3) is 5.91 Å². The van der Waals surface area contributed by atoms with Gasteiger partial charge in [0.1, 0.15) is 0 Å². The molecule has 0 aromatic carbocycles. The average molecular weight is 261 g/mol. The molecule has 1 amide bonds. The third-order valence-corrected chi connectivity index (χ3v) is 3.81. The minimum Gasteiger partial charge on any atom is -0.350 e. The van der Waals surface area contributed by atoms with Crippen LogP contribution in [-0.2, 0) is 0 Å². The fourth-order valence-electron chi connectivity index (χ4n) is 1.59. The van der Waals surface area contributed by atoms with Crippen LogP contribution in [0.4, 0.5) is 0 Å². The van der Waals surface area contributed by atoms with Crippen LogP contribution in [0.3, 0.4) is 0 Å². The molecule has 1 unspecified atom stereocenters. The highest BCUT2D eigenvalue weighted by Gasteiger charge is 2.28. The van der Waals surface area contributed by atoms with Gasteiger partial charge in [0.05, 0.1) is 4.88 Å². The van der Waals surface area contributed by atoms with Gasteiger partial charge >= 0.3 is 0 Å². The van der Waals surface area contributed by atoms with Gasteiger partial charge in [-0.15, -0.1) is 23.7 Å². The van der Waals surface area contributed by atoms with E-state index in [0.29, 0.717) is 12.5 Å². The van der Waals surface area contributed by atoms with Crippen molar-refractivity contribution in [1.29, 1.82) is 0 Å². The Hall–Kier alpha value is -0.580. The second-order valence-corrected chi connectivity index (χ2v) is 5.06. The van der Waals surface area contributed by atoms with Crippen LogP contribution in [0.2, 0.25) is 0 Å². The number of hydrogen-bond donors (Lipinski definition) is 2. The average Bonchev–Trinajstić information content (AvgIpc) is 2.98. The van der Waals surface area contributed by atoms with Crippen molar-refractivity contribution in [2.45, 2.75) is 25.8 Å².